The zero-order valence-corrected chi connectivity index (χ0v) is 12.7. The summed E-state index contributed by atoms with van der Waals surface area (Å²) in [7, 11) is 1.50. The monoisotopic (exact) mass is 288 g/mol. The Morgan fingerprint density at radius 3 is 2.67 bits per heavy atom. The lowest BCUT2D eigenvalue weighted by atomic mass is 10.1. The van der Waals surface area contributed by atoms with Gasteiger partial charge in [-0.1, -0.05) is 6.07 Å². The third kappa shape index (κ3) is 3.02. The van der Waals surface area contributed by atoms with Crippen LogP contribution < -0.4 is 15.8 Å². The Morgan fingerprint density at radius 1 is 1.38 bits per heavy atom. The maximum atomic E-state index is 12.4. The quantitative estimate of drug-likeness (QED) is 0.848. The number of nitrogens with two attached hydrogens (primary N) is 1. The molecular formula is C16H20N2O3. The molecule has 0 aliphatic carbocycles. The Hall–Kier alpha value is -2.43. The number of anilines is 1. The molecule has 1 atom stereocenters. The van der Waals surface area contributed by atoms with Crippen molar-refractivity contribution in [3.8, 4) is 5.75 Å². The highest BCUT2D eigenvalue weighted by molar-refractivity contribution is 5.98. The minimum absolute atomic E-state index is 0.166. The van der Waals surface area contributed by atoms with Crippen molar-refractivity contribution in [3.63, 3.8) is 0 Å². The largest absolute Gasteiger partial charge is 0.494 e. The van der Waals surface area contributed by atoms with Crippen molar-refractivity contribution < 1.29 is 13.9 Å². The smallest absolute Gasteiger partial charge is 0.255 e. The van der Waals surface area contributed by atoms with Gasteiger partial charge in [-0.15, -0.1) is 0 Å². The summed E-state index contributed by atoms with van der Waals surface area (Å²) < 4.78 is 10.7. The van der Waals surface area contributed by atoms with E-state index < -0.39 is 0 Å². The van der Waals surface area contributed by atoms with Gasteiger partial charge in [0.15, 0.2) is 5.75 Å². The van der Waals surface area contributed by atoms with Gasteiger partial charge in [-0.2, -0.15) is 0 Å². The van der Waals surface area contributed by atoms with Gasteiger partial charge in [-0.3, -0.25) is 4.79 Å². The van der Waals surface area contributed by atoms with E-state index in [-0.39, 0.29) is 11.9 Å². The summed E-state index contributed by atoms with van der Waals surface area (Å²) in [5.41, 5.74) is 7.64. The van der Waals surface area contributed by atoms with Crippen LogP contribution in [0.3, 0.4) is 0 Å². The first-order valence-electron chi connectivity index (χ1n) is 6.74. The van der Waals surface area contributed by atoms with E-state index >= 15 is 0 Å². The number of hydrogen-bond acceptors (Lipinski definition) is 4. The lowest BCUT2D eigenvalue weighted by Crippen LogP contribution is -2.27. The van der Waals surface area contributed by atoms with Crippen molar-refractivity contribution in [1.82, 2.24) is 5.32 Å². The van der Waals surface area contributed by atoms with Gasteiger partial charge < -0.3 is 20.2 Å². The number of nitrogen functional groups attached to an aromatic ring is 1. The normalized spacial score (nSPS) is 12.0. The van der Waals surface area contributed by atoms with Gasteiger partial charge >= 0.3 is 0 Å². The van der Waals surface area contributed by atoms with Crippen molar-refractivity contribution >= 4 is 11.6 Å². The number of amides is 1. The Bertz CT molecular complexity index is 662. The van der Waals surface area contributed by atoms with Gasteiger partial charge in [0, 0.05) is 5.56 Å². The molecule has 3 N–H and O–H groups in total. The molecule has 5 nitrogen and oxygen atoms in total. The molecule has 0 saturated carbocycles. The summed E-state index contributed by atoms with van der Waals surface area (Å²) in [5, 5.41) is 2.93. The average molecular weight is 288 g/mol. The van der Waals surface area contributed by atoms with Crippen molar-refractivity contribution in [1.29, 1.82) is 0 Å². The fourth-order valence-electron chi connectivity index (χ4n) is 2.39. The highest BCUT2D eigenvalue weighted by atomic mass is 16.5. The number of rotatable bonds is 4. The summed E-state index contributed by atoms with van der Waals surface area (Å²) in [4.78, 5) is 12.4. The first-order valence-corrected chi connectivity index (χ1v) is 6.74. The summed E-state index contributed by atoms with van der Waals surface area (Å²) in [6, 6.07) is 6.87. The second kappa shape index (κ2) is 5.91. The molecule has 2 aromatic rings. The predicted molar refractivity (Wildman–Crippen MR) is 81.5 cm³/mol. The van der Waals surface area contributed by atoms with E-state index in [2.05, 4.69) is 5.32 Å². The molecule has 1 aromatic heterocycles. The van der Waals surface area contributed by atoms with Gasteiger partial charge in [0.2, 0.25) is 0 Å². The maximum absolute atomic E-state index is 12.4. The van der Waals surface area contributed by atoms with E-state index in [0.717, 1.165) is 17.1 Å². The van der Waals surface area contributed by atoms with Crippen molar-refractivity contribution in [2.75, 3.05) is 12.8 Å². The van der Waals surface area contributed by atoms with Gasteiger partial charge in [-0.25, -0.2) is 0 Å². The molecule has 1 unspecified atom stereocenters. The summed E-state index contributed by atoms with van der Waals surface area (Å²) in [6.45, 7) is 5.67. The van der Waals surface area contributed by atoms with Crippen LogP contribution >= 0.6 is 0 Å². The Balaban J connectivity index is 2.22. The SMILES string of the molecule is COc1c(N)cccc1C(=O)NC(C)c1cc(C)oc1C. The van der Waals surface area contributed by atoms with Crippen LogP contribution in [0.2, 0.25) is 0 Å². The standard InChI is InChI=1S/C16H20N2O3/c1-9-8-13(11(3)21-9)10(2)18-16(19)12-6-5-7-14(17)15(12)20-4/h5-8,10H,17H2,1-4H3,(H,18,19). The number of methoxy groups -OCH3 is 1. The van der Waals surface area contributed by atoms with Crippen molar-refractivity contribution in [2.45, 2.75) is 26.8 Å². The van der Waals surface area contributed by atoms with Crippen LogP contribution in [0.5, 0.6) is 5.75 Å². The van der Waals surface area contributed by atoms with E-state index in [1.807, 2.05) is 26.8 Å². The highest BCUT2D eigenvalue weighted by Gasteiger charge is 2.19. The Labute approximate surface area is 124 Å². The van der Waals surface area contributed by atoms with Crippen LogP contribution in [-0.2, 0) is 0 Å². The van der Waals surface area contributed by atoms with Crippen LogP contribution in [-0.4, -0.2) is 13.0 Å². The molecule has 0 spiro atoms. The van der Waals surface area contributed by atoms with Crippen LogP contribution in [0.15, 0.2) is 28.7 Å². The number of nitrogens with one attached hydrogen (secondary N) is 1. The number of aryl methyl sites for hydroxylation is 2. The first-order chi connectivity index (χ1) is 9.93. The number of ether oxygens (including phenoxy) is 1. The number of carbonyl (C=O) groups is 1. The summed E-state index contributed by atoms with van der Waals surface area (Å²) >= 11 is 0. The van der Waals surface area contributed by atoms with Crippen LogP contribution in [0.4, 0.5) is 5.69 Å². The summed E-state index contributed by atoms with van der Waals surface area (Å²) in [6.07, 6.45) is 0. The molecule has 1 amide bonds. The third-order valence-corrected chi connectivity index (χ3v) is 3.39. The molecule has 0 bridgehead atoms. The lowest BCUT2D eigenvalue weighted by molar-refractivity contribution is 0.0937. The maximum Gasteiger partial charge on any atom is 0.255 e. The zero-order valence-electron chi connectivity index (χ0n) is 12.7. The second-order valence-electron chi connectivity index (χ2n) is 4.99. The van der Waals surface area contributed by atoms with Gasteiger partial charge in [-0.05, 0) is 39.0 Å². The number of benzene rings is 1. The minimum atomic E-state index is -0.232. The van der Waals surface area contributed by atoms with Crippen LogP contribution in [0.25, 0.3) is 0 Å². The first kappa shape index (κ1) is 15.0. The third-order valence-electron chi connectivity index (χ3n) is 3.39. The molecule has 112 valence electrons. The molecule has 1 aromatic carbocycles. The van der Waals surface area contributed by atoms with Gasteiger partial charge in [0.05, 0.1) is 24.4 Å². The summed E-state index contributed by atoms with van der Waals surface area (Å²) in [5.74, 6) is 1.79. The van der Waals surface area contributed by atoms with Crippen molar-refractivity contribution in [2.24, 2.45) is 0 Å². The van der Waals surface area contributed by atoms with Crippen LogP contribution in [0.1, 0.15) is 40.4 Å². The molecule has 0 saturated heterocycles. The molecule has 0 radical (unpaired) electrons. The molecule has 21 heavy (non-hydrogen) atoms. The predicted octanol–water partition coefficient (Wildman–Crippen LogP) is 2.98. The zero-order chi connectivity index (χ0) is 15.6. The molecule has 0 aliphatic rings. The van der Waals surface area contributed by atoms with E-state index in [4.69, 9.17) is 14.9 Å². The minimum Gasteiger partial charge on any atom is -0.494 e. The van der Waals surface area contributed by atoms with Crippen LogP contribution in [0, 0.1) is 13.8 Å². The number of furan rings is 1. The lowest BCUT2D eigenvalue weighted by Gasteiger charge is -2.15. The van der Waals surface area contributed by atoms with E-state index in [0.29, 0.717) is 17.0 Å². The topological polar surface area (TPSA) is 77.5 Å². The number of carbonyl (C=O) groups excluding carboxylic acids is 1. The number of para-hydroxylation sites is 1. The molecular weight excluding hydrogens is 268 g/mol. The fraction of sp³-hybridized carbons (Fsp3) is 0.312. The highest BCUT2D eigenvalue weighted by Crippen LogP contribution is 2.27. The average Bonchev–Trinajstić information content (AvgIpc) is 2.77. The van der Waals surface area contributed by atoms with E-state index in [1.165, 1.54) is 7.11 Å². The number of hydrogen-bond donors (Lipinski definition) is 2. The molecule has 5 heteroatoms. The van der Waals surface area contributed by atoms with Crippen molar-refractivity contribution in [3.05, 3.63) is 46.9 Å². The van der Waals surface area contributed by atoms with E-state index in [1.54, 1.807) is 18.2 Å². The Kier molecular flexibility index (Phi) is 4.21. The second-order valence-corrected chi connectivity index (χ2v) is 4.99. The Morgan fingerprint density at radius 2 is 2.10 bits per heavy atom. The molecule has 2 rings (SSSR count). The van der Waals surface area contributed by atoms with Gasteiger partial charge in [0.1, 0.15) is 11.5 Å². The van der Waals surface area contributed by atoms with Gasteiger partial charge in [0.25, 0.3) is 5.91 Å². The molecule has 1 heterocycles. The van der Waals surface area contributed by atoms with E-state index in [9.17, 15) is 4.79 Å². The molecule has 0 fully saturated rings. The fourth-order valence-corrected chi connectivity index (χ4v) is 2.39. The molecule has 0 aliphatic heterocycles.